The van der Waals surface area contributed by atoms with Gasteiger partial charge in [0.25, 0.3) is 0 Å². The fourth-order valence-corrected chi connectivity index (χ4v) is 6.63. The number of carbonyl (C=O) groups excluding carboxylic acids is 1. The molecule has 8 nitrogen and oxygen atoms in total. The topological polar surface area (TPSA) is 98.8 Å². The maximum Gasteiger partial charge on any atom is 0.513 e. The standard InChI is InChI=1S/C35H30N4O4S2/c40-34-30(23-26-12-5-2-6-13-26)38-33-29(22-25-10-3-1-4-11-25)37-31(24-39(33)34)27-15-17-28(18-16-27)43-35(41)42-20-9-21-44-45-32-14-7-8-19-36-32/h1-8,10-19,24,40H,9,20-23H2. The van der Waals surface area contributed by atoms with Gasteiger partial charge in [0.05, 0.1) is 18.0 Å². The van der Waals surface area contributed by atoms with E-state index in [2.05, 4.69) is 4.98 Å². The molecule has 3 aromatic heterocycles. The van der Waals surface area contributed by atoms with Crippen molar-refractivity contribution in [2.24, 2.45) is 0 Å². The highest BCUT2D eigenvalue weighted by Crippen LogP contribution is 2.30. The zero-order chi connectivity index (χ0) is 30.8. The lowest BCUT2D eigenvalue weighted by atomic mass is 10.1. The first-order valence-electron chi connectivity index (χ1n) is 14.5. The molecule has 6 rings (SSSR count). The van der Waals surface area contributed by atoms with Crippen LogP contribution in [0.25, 0.3) is 16.9 Å². The normalized spacial score (nSPS) is 11.0. The molecule has 45 heavy (non-hydrogen) atoms. The van der Waals surface area contributed by atoms with Crippen LogP contribution < -0.4 is 4.74 Å². The number of benzene rings is 3. The van der Waals surface area contributed by atoms with E-state index < -0.39 is 6.16 Å². The molecular formula is C35H30N4O4S2. The molecule has 3 aromatic carbocycles. The molecule has 0 spiro atoms. The molecule has 0 unspecified atom stereocenters. The van der Waals surface area contributed by atoms with Crippen molar-refractivity contribution in [2.45, 2.75) is 24.3 Å². The molecule has 0 saturated carbocycles. The van der Waals surface area contributed by atoms with Crippen LogP contribution in [0.5, 0.6) is 11.6 Å². The minimum absolute atomic E-state index is 0.0863. The van der Waals surface area contributed by atoms with E-state index >= 15 is 0 Å². The van der Waals surface area contributed by atoms with Crippen molar-refractivity contribution < 1.29 is 19.4 Å². The third-order valence-electron chi connectivity index (χ3n) is 6.87. The molecule has 0 amide bonds. The number of hydrogen-bond donors (Lipinski definition) is 1. The average molecular weight is 635 g/mol. The van der Waals surface area contributed by atoms with Gasteiger partial charge in [0.1, 0.15) is 16.5 Å². The highest BCUT2D eigenvalue weighted by atomic mass is 33.1. The maximum absolute atomic E-state index is 12.2. The molecule has 0 atom stereocenters. The molecule has 0 aliphatic rings. The highest BCUT2D eigenvalue weighted by Gasteiger charge is 2.18. The number of nitrogens with zero attached hydrogens (tertiary/aromatic N) is 4. The minimum atomic E-state index is -0.746. The summed E-state index contributed by atoms with van der Waals surface area (Å²) in [5.74, 6) is 1.26. The average Bonchev–Trinajstić information content (AvgIpc) is 3.39. The van der Waals surface area contributed by atoms with Gasteiger partial charge in [0.2, 0.25) is 5.88 Å². The van der Waals surface area contributed by atoms with Crippen LogP contribution in [0.15, 0.2) is 121 Å². The number of fused-ring (bicyclic) bond motifs is 1. The summed E-state index contributed by atoms with van der Waals surface area (Å²) in [5, 5.41) is 12.2. The van der Waals surface area contributed by atoms with Crippen molar-refractivity contribution in [1.29, 1.82) is 0 Å². The van der Waals surface area contributed by atoms with Crippen LogP contribution in [-0.2, 0) is 17.6 Å². The molecule has 1 N–H and O–H groups in total. The number of hydrogen-bond acceptors (Lipinski definition) is 9. The van der Waals surface area contributed by atoms with E-state index in [-0.39, 0.29) is 12.5 Å². The van der Waals surface area contributed by atoms with Crippen molar-refractivity contribution in [3.63, 3.8) is 0 Å². The second kappa shape index (κ2) is 14.8. The Morgan fingerprint density at radius 2 is 1.49 bits per heavy atom. The van der Waals surface area contributed by atoms with Crippen LogP contribution in [0.3, 0.4) is 0 Å². The summed E-state index contributed by atoms with van der Waals surface area (Å²) in [5.41, 5.74) is 5.54. The summed E-state index contributed by atoms with van der Waals surface area (Å²) in [6, 6.07) is 32.8. The zero-order valence-electron chi connectivity index (χ0n) is 24.3. The minimum Gasteiger partial charge on any atom is -0.493 e. The molecule has 226 valence electrons. The number of ether oxygens (including phenoxy) is 2. The van der Waals surface area contributed by atoms with E-state index in [0.29, 0.717) is 42.0 Å². The third-order valence-corrected chi connectivity index (χ3v) is 9.23. The first-order valence-corrected chi connectivity index (χ1v) is 16.8. The molecule has 0 aliphatic heterocycles. The lowest BCUT2D eigenvalue weighted by Gasteiger charge is -2.10. The van der Waals surface area contributed by atoms with Gasteiger partial charge in [0, 0.05) is 36.6 Å². The molecule has 0 fully saturated rings. The van der Waals surface area contributed by atoms with Crippen LogP contribution in [0, 0.1) is 0 Å². The second-order valence-electron chi connectivity index (χ2n) is 10.1. The Hall–Kier alpha value is -4.80. The van der Waals surface area contributed by atoms with Gasteiger partial charge in [-0.05, 0) is 64.7 Å². The summed E-state index contributed by atoms with van der Waals surface area (Å²) < 4.78 is 12.3. The molecule has 0 saturated heterocycles. The smallest absolute Gasteiger partial charge is 0.493 e. The van der Waals surface area contributed by atoms with Gasteiger partial charge in [-0.25, -0.2) is 19.7 Å². The van der Waals surface area contributed by atoms with Gasteiger partial charge >= 0.3 is 6.16 Å². The zero-order valence-corrected chi connectivity index (χ0v) is 25.9. The van der Waals surface area contributed by atoms with Crippen LogP contribution in [0.1, 0.15) is 28.9 Å². The lowest BCUT2D eigenvalue weighted by Crippen LogP contribution is -2.11. The first kappa shape index (κ1) is 30.2. The third kappa shape index (κ3) is 8.03. The maximum atomic E-state index is 12.2. The number of pyridine rings is 1. The highest BCUT2D eigenvalue weighted by molar-refractivity contribution is 8.76. The predicted molar refractivity (Wildman–Crippen MR) is 178 cm³/mol. The molecule has 0 bridgehead atoms. The van der Waals surface area contributed by atoms with E-state index in [0.717, 1.165) is 33.2 Å². The van der Waals surface area contributed by atoms with Crippen LogP contribution in [0.2, 0.25) is 0 Å². The summed E-state index contributed by atoms with van der Waals surface area (Å²) in [4.78, 5) is 26.3. The molecule has 6 aromatic rings. The van der Waals surface area contributed by atoms with Crippen molar-refractivity contribution in [3.05, 3.63) is 138 Å². The van der Waals surface area contributed by atoms with Gasteiger partial charge in [-0.15, -0.1) is 0 Å². The van der Waals surface area contributed by atoms with Crippen LogP contribution in [0.4, 0.5) is 4.79 Å². The quantitative estimate of drug-likeness (QED) is 0.0621. The lowest BCUT2D eigenvalue weighted by molar-refractivity contribution is 0.0994. The summed E-state index contributed by atoms with van der Waals surface area (Å²) in [7, 11) is 3.26. The Bertz CT molecular complexity index is 1850. The van der Waals surface area contributed by atoms with Gasteiger partial charge in [-0.1, -0.05) is 77.5 Å². The Kier molecular flexibility index (Phi) is 9.93. The number of rotatable bonds is 12. The SMILES string of the molecule is O=C(OCCCSSc1ccccn1)Oc1ccc(-c2cn3c(O)c(Cc4ccccc4)nc3c(Cc3ccccc3)n2)cc1. The largest absolute Gasteiger partial charge is 0.513 e. The fraction of sp³-hybridized carbons (Fsp3) is 0.143. The van der Waals surface area contributed by atoms with E-state index in [9.17, 15) is 9.90 Å². The first-order chi connectivity index (χ1) is 22.1. The van der Waals surface area contributed by atoms with E-state index in [1.165, 1.54) is 0 Å². The van der Waals surface area contributed by atoms with Crippen LogP contribution >= 0.6 is 21.6 Å². The van der Waals surface area contributed by atoms with E-state index in [4.69, 9.17) is 19.4 Å². The van der Waals surface area contributed by atoms with Gasteiger partial charge in [0.15, 0.2) is 5.65 Å². The Labute approximate surface area is 268 Å². The monoisotopic (exact) mass is 634 g/mol. The summed E-state index contributed by atoms with van der Waals surface area (Å²) >= 11 is 0. The predicted octanol–water partition coefficient (Wildman–Crippen LogP) is 8.02. The molecule has 3 heterocycles. The number of aromatic nitrogens is 4. The molecule has 0 radical (unpaired) electrons. The van der Waals surface area contributed by atoms with Gasteiger partial charge < -0.3 is 14.6 Å². The Morgan fingerprint density at radius 1 is 0.800 bits per heavy atom. The van der Waals surface area contributed by atoms with Crippen molar-refractivity contribution in [2.75, 3.05) is 12.4 Å². The van der Waals surface area contributed by atoms with Crippen molar-refractivity contribution in [1.82, 2.24) is 19.4 Å². The van der Waals surface area contributed by atoms with Crippen molar-refractivity contribution >= 4 is 33.4 Å². The Morgan fingerprint density at radius 3 is 2.18 bits per heavy atom. The van der Waals surface area contributed by atoms with Gasteiger partial charge in [-0.2, -0.15) is 0 Å². The number of imidazole rings is 1. The van der Waals surface area contributed by atoms with Gasteiger partial charge in [-0.3, -0.25) is 4.40 Å². The fourth-order valence-electron chi connectivity index (χ4n) is 4.69. The number of aromatic hydroxyl groups is 1. The number of carbonyl (C=O) groups is 1. The van der Waals surface area contributed by atoms with Crippen molar-refractivity contribution in [3.8, 4) is 22.9 Å². The summed E-state index contributed by atoms with van der Waals surface area (Å²) in [6.45, 7) is 0.265. The second-order valence-corrected chi connectivity index (χ2v) is 12.6. The van der Waals surface area contributed by atoms with Crippen LogP contribution in [-0.4, -0.2) is 43.0 Å². The Balaban J connectivity index is 1.13. The molecule has 0 aliphatic carbocycles. The van der Waals surface area contributed by atoms with E-state index in [1.807, 2.05) is 91.0 Å². The van der Waals surface area contributed by atoms with E-state index in [1.54, 1.807) is 50.5 Å². The molecule has 10 heteroatoms. The summed E-state index contributed by atoms with van der Waals surface area (Å²) in [6.07, 6.45) is 4.55. The molecular weight excluding hydrogens is 605 g/mol.